The van der Waals surface area contributed by atoms with Gasteiger partial charge in [-0.05, 0) is 31.2 Å². The number of H-pyrrole nitrogens is 1. The molecule has 0 saturated heterocycles. The predicted molar refractivity (Wildman–Crippen MR) is 75.4 cm³/mol. The van der Waals surface area contributed by atoms with Gasteiger partial charge in [0.1, 0.15) is 11.4 Å². The van der Waals surface area contributed by atoms with Gasteiger partial charge >= 0.3 is 0 Å². The van der Waals surface area contributed by atoms with Gasteiger partial charge in [0, 0.05) is 12.1 Å². The fraction of sp³-hybridized carbons (Fsp3) is 0.467. The second kappa shape index (κ2) is 5.53. The van der Waals surface area contributed by atoms with E-state index >= 15 is 0 Å². The zero-order chi connectivity index (χ0) is 13.1. The average molecular weight is 256 g/mol. The Morgan fingerprint density at radius 1 is 1.26 bits per heavy atom. The first-order chi connectivity index (χ1) is 9.34. The van der Waals surface area contributed by atoms with E-state index in [0.29, 0.717) is 0 Å². The first kappa shape index (κ1) is 12.4. The van der Waals surface area contributed by atoms with Gasteiger partial charge in [-0.25, -0.2) is 0 Å². The molecule has 1 unspecified atom stereocenters. The lowest BCUT2D eigenvalue weighted by Gasteiger charge is -2.10. The number of nitrogens with one attached hydrogen (secondary N) is 2. The summed E-state index contributed by atoms with van der Waals surface area (Å²) in [6, 6.07) is 10.2. The summed E-state index contributed by atoms with van der Waals surface area (Å²) in [4.78, 5) is 0. The zero-order valence-corrected chi connectivity index (χ0v) is 11.3. The Morgan fingerprint density at radius 3 is 2.79 bits per heavy atom. The van der Waals surface area contributed by atoms with Gasteiger partial charge in [0.2, 0.25) is 0 Å². The molecule has 0 spiro atoms. The molecule has 0 bridgehead atoms. The maximum absolute atomic E-state index is 4.26. The second-order valence-electron chi connectivity index (χ2n) is 5.43. The second-order valence-corrected chi connectivity index (χ2v) is 5.43. The molecule has 1 fully saturated rings. The Morgan fingerprint density at radius 2 is 2.05 bits per heavy atom. The van der Waals surface area contributed by atoms with Crippen LogP contribution < -0.4 is 5.32 Å². The molecule has 1 aliphatic carbocycles. The number of hydrogen-bond acceptors (Lipinski definition) is 3. The van der Waals surface area contributed by atoms with E-state index < -0.39 is 0 Å². The zero-order valence-electron chi connectivity index (χ0n) is 11.3. The molecule has 1 aromatic heterocycles. The smallest absolute Gasteiger partial charge is 0.117 e. The molecule has 19 heavy (non-hydrogen) atoms. The predicted octanol–water partition coefficient (Wildman–Crippen LogP) is 2.61. The number of aromatic amines is 1. The molecule has 3 rings (SSSR count). The minimum atomic E-state index is 0.770. The van der Waals surface area contributed by atoms with Gasteiger partial charge in [0.15, 0.2) is 0 Å². The van der Waals surface area contributed by atoms with Crippen LogP contribution in [0.1, 0.15) is 25.5 Å². The monoisotopic (exact) mass is 256 g/mol. The molecule has 100 valence electrons. The van der Waals surface area contributed by atoms with Gasteiger partial charge < -0.3 is 5.32 Å². The SMILES string of the molecule is CC(CNCc1n[nH]nc1-c1ccccc1)C1CC1. The van der Waals surface area contributed by atoms with Crippen molar-refractivity contribution in [3.63, 3.8) is 0 Å². The normalized spacial score (nSPS) is 16.5. The number of benzene rings is 1. The molecule has 4 heteroatoms. The lowest BCUT2D eigenvalue weighted by atomic mass is 10.1. The summed E-state index contributed by atoms with van der Waals surface area (Å²) in [5.41, 5.74) is 3.06. The Balaban J connectivity index is 1.60. The van der Waals surface area contributed by atoms with Gasteiger partial charge in [0.25, 0.3) is 0 Å². The average Bonchev–Trinajstić information content (AvgIpc) is 3.20. The highest BCUT2D eigenvalue weighted by atomic mass is 15.3. The van der Waals surface area contributed by atoms with Crippen molar-refractivity contribution >= 4 is 0 Å². The van der Waals surface area contributed by atoms with E-state index in [9.17, 15) is 0 Å². The Labute approximate surface area is 113 Å². The fourth-order valence-electron chi connectivity index (χ4n) is 2.45. The lowest BCUT2D eigenvalue weighted by Crippen LogP contribution is -2.22. The van der Waals surface area contributed by atoms with E-state index in [1.807, 2.05) is 18.2 Å². The highest BCUT2D eigenvalue weighted by Crippen LogP contribution is 2.36. The molecule has 2 aromatic rings. The third kappa shape index (κ3) is 3.01. The molecule has 1 aliphatic rings. The number of rotatable bonds is 6. The summed E-state index contributed by atoms with van der Waals surface area (Å²) >= 11 is 0. The standard InChI is InChI=1S/C15H20N4/c1-11(12-7-8-12)9-16-10-14-15(18-19-17-14)13-5-3-2-4-6-13/h2-6,11-12,16H,7-10H2,1H3,(H,17,18,19). The molecule has 0 radical (unpaired) electrons. The van der Waals surface area contributed by atoms with Crippen LogP contribution in [0.3, 0.4) is 0 Å². The highest BCUT2D eigenvalue weighted by Gasteiger charge is 2.27. The van der Waals surface area contributed by atoms with Crippen LogP contribution >= 0.6 is 0 Å². The van der Waals surface area contributed by atoms with E-state index in [0.717, 1.165) is 41.9 Å². The maximum Gasteiger partial charge on any atom is 0.117 e. The van der Waals surface area contributed by atoms with Crippen molar-refractivity contribution in [2.75, 3.05) is 6.54 Å². The molecule has 0 amide bonds. The van der Waals surface area contributed by atoms with Crippen molar-refractivity contribution < 1.29 is 0 Å². The largest absolute Gasteiger partial charge is 0.311 e. The Hall–Kier alpha value is -1.68. The fourth-order valence-corrected chi connectivity index (χ4v) is 2.45. The van der Waals surface area contributed by atoms with E-state index in [1.165, 1.54) is 12.8 Å². The van der Waals surface area contributed by atoms with Crippen LogP contribution in [-0.2, 0) is 6.54 Å². The van der Waals surface area contributed by atoms with Crippen molar-refractivity contribution in [3.05, 3.63) is 36.0 Å². The Bertz CT molecular complexity index is 516. The van der Waals surface area contributed by atoms with Crippen molar-refractivity contribution in [2.45, 2.75) is 26.3 Å². The summed E-state index contributed by atoms with van der Waals surface area (Å²) < 4.78 is 0. The summed E-state index contributed by atoms with van der Waals surface area (Å²) in [6.07, 6.45) is 2.81. The van der Waals surface area contributed by atoms with Gasteiger partial charge in [-0.3, -0.25) is 0 Å². The molecule has 2 N–H and O–H groups in total. The first-order valence-corrected chi connectivity index (χ1v) is 7.00. The first-order valence-electron chi connectivity index (χ1n) is 7.00. The summed E-state index contributed by atoms with van der Waals surface area (Å²) in [7, 11) is 0. The van der Waals surface area contributed by atoms with E-state index in [4.69, 9.17) is 0 Å². The van der Waals surface area contributed by atoms with Crippen LogP contribution in [0.4, 0.5) is 0 Å². The van der Waals surface area contributed by atoms with Crippen LogP contribution in [-0.4, -0.2) is 22.0 Å². The number of aromatic nitrogens is 3. The molecule has 0 aliphatic heterocycles. The van der Waals surface area contributed by atoms with Crippen molar-refractivity contribution in [2.24, 2.45) is 11.8 Å². The molecular weight excluding hydrogens is 236 g/mol. The van der Waals surface area contributed by atoms with Crippen LogP contribution in [0, 0.1) is 11.8 Å². The lowest BCUT2D eigenvalue weighted by molar-refractivity contribution is 0.460. The molecule has 1 aromatic carbocycles. The van der Waals surface area contributed by atoms with Crippen molar-refractivity contribution in [1.29, 1.82) is 0 Å². The van der Waals surface area contributed by atoms with Crippen LogP contribution in [0.5, 0.6) is 0 Å². The van der Waals surface area contributed by atoms with Crippen molar-refractivity contribution in [1.82, 2.24) is 20.7 Å². The van der Waals surface area contributed by atoms with Crippen LogP contribution in [0.25, 0.3) is 11.3 Å². The maximum atomic E-state index is 4.26. The number of nitrogens with zero attached hydrogens (tertiary/aromatic N) is 2. The van der Waals surface area contributed by atoms with Gasteiger partial charge in [-0.2, -0.15) is 15.4 Å². The third-order valence-corrected chi connectivity index (χ3v) is 3.85. The number of hydrogen-bond donors (Lipinski definition) is 2. The minimum Gasteiger partial charge on any atom is -0.311 e. The molecule has 1 atom stereocenters. The Kier molecular flexibility index (Phi) is 3.60. The molecular formula is C15H20N4. The molecule has 1 heterocycles. The topological polar surface area (TPSA) is 53.6 Å². The molecule has 4 nitrogen and oxygen atoms in total. The highest BCUT2D eigenvalue weighted by molar-refractivity contribution is 5.60. The van der Waals surface area contributed by atoms with E-state index in [1.54, 1.807) is 0 Å². The summed E-state index contributed by atoms with van der Waals surface area (Å²) in [5.74, 6) is 1.71. The third-order valence-electron chi connectivity index (χ3n) is 3.85. The van der Waals surface area contributed by atoms with Crippen LogP contribution in [0.15, 0.2) is 30.3 Å². The summed E-state index contributed by atoms with van der Waals surface area (Å²) in [6.45, 7) is 4.16. The summed E-state index contributed by atoms with van der Waals surface area (Å²) in [5, 5.41) is 14.7. The van der Waals surface area contributed by atoms with Gasteiger partial charge in [-0.15, -0.1) is 0 Å². The molecule has 1 saturated carbocycles. The van der Waals surface area contributed by atoms with Gasteiger partial charge in [0.05, 0.1) is 0 Å². The quantitative estimate of drug-likeness (QED) is 0.835. The van der Waals surface area contributed by atoms with Crippen molar-refractivity contribution in [3.8, 4) is 11.3 Å². The van der Waals surface area contributed by atoms with E-state index in [-0.39, 0.29) is 0 Å². The van der Waals surface area contributed by atoms with Gasteiger partial charge in [-0.1, -0.05) is 37.3 Å². The minimum absolute atomic E-state index is 0.770. The van der Waals surface area contributed by atoms with E-state index in [2.05, 4.69) is 39.8 Å². The van der Waals surface area contributed by atoms with Crippen LogP contribution in [0.2, 0.25) is 0 Å².